The average molecular weight is 764 g/mol. The van der Waals surface area contributed by atoms with Crippen molar-refractivity contribution in [2.45, 2.75) is 309 Å². The Bertz CT molecular complexity index is 699. The SMILES string of the molecule is CCCCCCCCCCCCCCCCCCCCCCCCCCCC(=O)NC(CO)C(O)CCCCCCCCCCCCCCCCCCC. The summed E-state index contributed by atoms with van der Waals surface area (Å²) in [6.07, 6.45) is 57.8. The quantitative estimate of drug-likeness (QED) is 0.0541. The van der Waals surface area contributed by atoms with Crippen molar-refractivity contribution in [2.24, 2.45) is 0 Å². The lowest BCUT2D eigenvalue weighted by Crippen LogP contribution is -2.45. The minimum Gasteiger partial charge on any atom is -0.394 e. The summed E-state index contributed by atoms with van der Waals surface area (Å²) in [7, 11) is 0. The highest BCUT2D eigenvalue weighted by molar-refractivity contribution is 5.76. The molecule has 0 rings (SSSR count). The summed E-state index contributed by atoms with van der Waals surface area (Å²) in [4.78, 5) is 12.4. The van der Waals surface area contributed by atoms with Gasteiger partial charge in [0.15, 0.2) is 0 Å². The smallest absolute Gasteiger partial charge is 0.220 e. The van der Waals surface area contributed by atoms with Crippen LogP contribution in [0.1, 0.15) is 296 Å². The summed E-state index contributed by atoms with van der Waals surface area (Å²) in [6, 6.07) is -0.530. The van der Waals surface area contributed by atoms with E-state index in [0.717, 1.165) is 25.7 Å². The molecule has 0 saturated heterocycles. The zero-order chi connectivity index (χ0) is 39.3. The summed E-state index contributed by atoms with van der Waals surface area (Å²) in [6.45, 7) is 4.40. The van der Waals surface area contributed by atoms with Crippen molar-refractivity contribution in [1.29, 1.82) is 0 Å². The number of aliphatic hydroxyl groups excluding tert-OH is 2. The predicted octanol–water partition coefficient (Wildman–Crippen LogP) is 16.0. The molecule has 0 aliphatic heterocycles. The van der Waals surface area contributed by atoms with Crippen molar-refractivity contribution in [3.63, 3.8) is 0 Å². The van der Waals surface area contributed by atoms with E-state index in [2.05, 4.69) is 19.2 Å². The van der Waals surface area contributed by atoms with Gasteiger partial charge in [0.2, 0.25) is 5.91 Å². The first kappa shape index (κ1) is 53.4. The molecule has 0 aromatic carbocycles. The van der Waals surface area contributed by atoms with Crippen LogP contribution in [-0.2, 0) is 4.79 Å². The Morgan fingerprint density at radius 2 is 0.593 bits per heavy atom. The maximum atomic E-state index is 12.4. The van der Waals surface area contributed by atoms with Gasteiger partial charge in [0, 0.05) is 6.42 Å². The Balaban J connectivity index is 3.41. The third-order valence-electron chi connectivity index (χ3n) is 12.1. The second kappa shape index (κ2) is 46.8. The summed E-state index contributed by atoms with van der Waals surface area (Å²) in [5.74, 6) is -0.0235. The number of nitrogens with one attached hydrogen (secondary N) is 1. The molecular formula is C50H101NO3. The van der Waals surface area contributed by atoms with Gasteiger partial charge in [-0.3, -0.25) is 4.79 Å². The third-order valence-corrected chi connectivity index (χ3v) is 12.1. The Kier molecular flexibility index (Phi) is 46.2. The number of aliphatic hydroxyl groups is 2. The monoisotopic (exact) mass is 764 g/mol. The number of unbranched alkanes of at least 4 members (excludes halogenated alkanes) is 40. The Hall–Kier alpha value is -0.610. The minimum atomic E-state index is -0.653. The van der Waals surface area contributed by atoms with E-state index in [9.17, 15) is 15.0 Å². The Labute approximate surface area is 340 Å². The molecule has 2 unspecified atom stereocenters. The maximum absolute atomic E-state index is 12.4. The lowest BCUT2D eigenvalue weighted by atomic mass is 10.0. The lowest BCUT2D eigenvalue weighted by Gasteiger charge is -2.22. The highest BCUT2D eigenvalue weighted by atomic mass is 16.3. The van der Waals surface area contributed by atoms with E-state index in [0.29, 0.717) is 12.8 Å². The largest absolute Gasteiger partial charge is 0.394 e. The zero-order valence-corrected chi connectivity index (χ0v) is 37.3. The van der Waals surface area contributed by atoms with Crippen LogP contribution in [0.3, 0.4) is 0 Å². The van der Waals surface area contributed by atoms with E-state index in [1.54, 1.807) is 0 Å². The normalized spacial score (nSPS) is 12.7. The molecule has 2 atom stereocenters. The molecule has 0 heterocycles. The fourth-order valence-corrected chi connectivity index (χ4v) is 8.25. The zero-order valence-electron chi connectivity index (χ0n) is 37.3. The second-order valence-electron chi connectivity index (χ2n) is 17.6. The molecule has 54 heavy (non-hydrogen) atoms. The van der Waals surface area contributed by atoms with Crippen LogP contribution in [0.25, 0.3) is 0 Å². The molecule has 0 bridgehead atoms. The Morgan fingerprint density at radius 3 is 0.833 bits per heavy atom. The number of carbonyl (C=O) groups is 1. The maximum Gasteiger partial charge on any atom is 0.220 e. The van der Waals surface area contributed by atoms with Crippen molar-refractivity contribution in [1.82, 2.24) is 5.32 Å². The first-order valence-electron chi connectivity index (χ1n) is 25.2. The topological polar surface area (TPSA) is 69.6 Å². The molecule has 4 nitrogen and oxygen atoms in total. The highest BCUT2D eigenvalue weighted by Gasteiger charge is 2.20. The van der Waals surface area contributed by atoms with Gasteiger partial charge in [-0.05, 0) is 12.8 Å². The van der Waals surface area contributed by atoms with Crippen LogP contribution in [-0.4, -0.2) is 34.9 Å². The molecule has 3 N–H and O–H groups in total. The number of hydrogen-bond donors (Lipinski definition) is 3. The van der Waals surface area contributed by atoms with Gasteiger partial charge in [0.05, 0.1) is 18.8 Å². The first-order valence-corrected chi connectivity index (χ1v) is 25.2. The van der Waals surface area contributed by atoms with Crippen LogP contribution < -0.4 is 5.32 Å². The Morgan fingerprint density at radius 1 is 0.370 bits per heavy atom. The van der Waals surface area contributed by atoms with Gasteiger partial charge < -0.3 is 15.5 Å². The molecule has 4 heteroatoms. The van der Waals surface area contributed by atoms with E-state index in [-0.39, 0.29) is 12.5 Å². The van der Waals surface area contributed by atoms with E-state index in [4.69, 9.17) is 0 Å². The predicted molar refractivity (Wildman–Crippen MR) is 240 cm³/mol. The summed E-state index contributed by atoms with van der Waals surface area (Å²) in [5, 5.41) is 23.3. The standard InChI is InChI=1S/C50H101NO3/c1-3-5-7-9-11-13-15-17-19-21-22-23-24-25-26-27-28-30-32-34-36-38-40-42-44-46-50(54)51-48(47-52)49(53)45-43-41-39-37-35-33-31-29-20-18-16-14-12-10-8-6-4-2/h48-49,52-53H,3-47H2,1-2H3,(H,51,54). The van der Waals surface area contributed by atoms with Crippen molar-refractivity contribution in [2.75, 3.05) is 6.61 Å². The van der Waals surface area contributed by atoms with E-state index in [1.165, 1.54) is 244 Å². The van der Waals surface area contributed by atoms with Crippen LogP contribution in [0.4, 0.5) is 0 Å². The van der Waals surface area contributed by atoms with Gasteiger partial charge in [-0.1, -0.05) is 277 Å². The van der Waals surface area contributed by atoms with Crippen LogP contribution in [0.5, 0.6) is 0 Å². The number of rotatable bonds is 47. The molecule has 0 aromatic rings. The van der Waals surface area contributed by atoms with Gasteiger partial charge in [-0.15, -0.1) is 0 Å². The van der Waals surface area contributed by atoms with Crippen LogP contribution in [0.2, 0.25) is 0 Å². The summed E-state index contributed by atoms with van der Waals surface area (Å²) in [5.41, 5.74) is 0. The molecule has 0 radical (unpaired) electrons. The fourth-order valence-electron chi connectivity index (χ4n) is 8.25. The van der Waals surface area contributed by atoms with Crippen molar-refractivity contribution in [3.8, 4) is 0 Å². The third kappa shape index (κ3) is 42.5. The average Bonchev–Trinajstić information content (AvgIpc) is 3.18. The van der Waals surface area contributed by atoms with Crippen molar-refractivity contribution in [3.05, 3.63) is 0 Å². The molecule has 0 fully saturated rings. The summed E-state index contributed by atoms with van der Waals surface area (Å²) < 4.78 is 0. The lowest BCUT2D eigenvalue weighted by molar-refractivity contribution is -0.123. The van der Waals surface area contributed by atoms with Gasteiger partial charge >= 0.3 is 0 Å². The molecule has 0 aliphatic rings. The second-order valence-corrected chi connectivity index (χ2v) is 17.6. The van der Waals surface area contributed by atoms with Crippen LogP contribution >= 0.6 is 0 Å². The molecule has 0 aromatic heterocycles. The number of carbonyl (C=O) groups excluding carboxylic acids is 1. The number of amides is 1. The molecule has 0 saturated carbocycles. The molecule has 324 valence electrons. The molecular weight excluding hydrogens is 663 g/mol. The van der Waals surface area contributed by atoms with E-state index in [1.807, 2.05) is 0 Å². The van der Waals surface area contributed by atoms with Gasteiger partial charge in [-0.2, -0.15) is 0 Å². The minimum absolute atomic E-state index is 0.0235. The summed E-state index contributed by atoms with van der Waals surface area (Å²) >= 11 is 0. The molecule has 0 aliphatic carbocycles. The van der Waals surface area contributed by atoms with Crippen molar-refractivity contribution >= 4 is 5.91 Å². The van der Waals surface area contributed by atoms with Gasteiger partial charge in [-0.25, -0.2) is 0 Å². The van der Waals surface area contributed by atoms with Gasteiger partial charge in [0.1, 0.15) is 0 Å². The van der Waals surface area contributed by atoms with Gasteiger partial charge in [0.25, 0.3) is 0 Å². The van der Waals surface area contributed by atoms with Crippen LogP contribution in [0, 0.1) is 0 Å². The van der Waals surface area contributed by atoms with Crippen LogP contribution in [0.15, 0.2) is 0 Å². The molecule has 1 amide bonds. The fraction of sp³-hybridized carbons (Fsp3) is 0.980. The molecule has 0 spiro atoms. The number of hydrogen-bond acceptors (Lipinski definition) is 3. The first-order chi connectivity index (χ1) is 26.7. The van der Waals surface area contributed by atoms with Crippen molar-refractivity contribution < 1.29 is 15.0 Å². The highest BCUT2D eigenvalue weighted by Crippen LogP contribution is 2.18. The van der Waals surface area contributed by atoms with E-state index < -0.39 is 12.1 Å². The van der Waals surface area contributed by atoms with E-state index >= 15 is 0 Å².